The van der Waals surface area contributed by atoms with E-state index >= 15 is 0 Å². The Hall–Kier alpha value is -1.66. The highest BCUT2D eigenvalue weighted by atomic mass is 35.5. The van der Waals surface area contributed by atoms with Crippen molar-refractivity contribution in [3.8, 4) is 0 Å². The summed E-state index contributed by atoms with van der Waals surface area (Å²) in [5, 5.41) is 9.61. The van der Waals surface area contributed by atoms with Crippen LogP contribution in [-0.4, -0.2) is 65.9 Å². The number of amides is 1. The van der Waals surface area contributed by atoms with E-state index in [-0.39, 0.29) is 34.7 Å². The number of anilines is 1. The number of aromatic nitrogens is 3. The number of rotatable bonds is 6. The van der Waals surface area contributed by atoms with Crippen LogP contribution in [0.2, 0.25) is 5.02 Å². The molecule has 2 N–H and O–H groups in total. The van der Waals surface area contributed by atoms with Crippen molar-refractivity contribution in [3.63, 3.8) is 0 Å². The smallest absolute Gasteiger partial charge is 0.244 e. The molecule has 0 saturated carbocycles. The van der Waals surface area contributed by atoms with Gasteiger partial charge in [0.25, 0.3) is 0 Å². The molecule has 3 rings (SSSR count). The number of benzene rings is 1. The first-order valence-electron chi connectivity index (χ1n) is 7.62. The monoisotopic (exact) mass is 417 g/mol. The fraction of sp³-hybridized carbons (Fsp3) is 0.357. The molecule has 0 bridgehead atoms. The number of thioether (sulfide) groups is 1. The highest BCUT2D eigenvalue weighted by molar-refractivity contribution is 7.99. The Labute approximate surface area is 159 Å². The van der Waals surface area contributed by atoms with E-state index in [0.29, 0.717) is 24.1 Å². The molecule has 9 nitrogen and oxygen atoms in total. The number of nitrogens with zero attached hydrogens (tertiary/aromatic N) is 3. The van der Waals surface area contributed by atoms with Gasteiger partial charge < -0.3 is 10.1 Å². The predicted octanol–water partition coefficient (Wildman–Crippen LogP) is 1.21. The van der Waals surface area contributed by atoms with E-state index in [2.05, 4.69) is 20.5 Å². The number of morpholine rings is 1. The van der Waals surface area contributed by atoms with Gasteiger partial charge in [-0.1, -0.05) is 23.4 Å². The van der Waals surface area contributed by atoms with Crippen molar-refractivity contribution >= 4 is 45.0 Å². The highest BCUT2D eigenvalue weighted by Gasteiger charge is 2.28. The summed E-state index contributed by atoms with van der Waals surface area (Å²) < 4.78 is 32.1. The summed E-state index contributed by atoms with van der Waals surface area (Å²) >= 11 is 7.27. The van der Waals surface area contributed by atoms with Gasteiger partial charge in [0, 0.05) is 18.8 Å². The number of ether oxygens (including phenoxy) is 1. The molecule has 2 aromatic rings. The van der Waals surface area contributed by atoms with Crippen molar-refractivity contribution in [2.24, 2.45) is 0 Å². The van der Waals surface area contributed by atoms with Crippen LogP contribution >= 0.6 is 23.4 Å². The van der Waals surface area contributed by atoms with Crippen molar-refractivity contribution in [1.29, 1.82) is 0 Å². The Morgan fingerprint density at radius 2 is 2.15 bits per heavy atom. The molecule has 140 valence electrons. The van der Waals surface area contributed by atoms with E-state index in [1.165, 1.54) is 34.5 Å². The molecule has 0 atom stereocenters. The number of carbonyl (C=O) groups excluding carboxylic acids is 1. The Bertz CT molecular complexity index is 869. The molecule has 0 unspecified atom stereocenters. The third-order valence-corrected chi connectivity index (χ3v) is 6.79. The van der Waals surface area contributed by atoms with Crippen molar-refractivity contribution in [2.75, 3.05) is 37.4 Å². The maximum Gasteiger partial charge on any atom is 0.244 e. The molecule has 12 heteroatoms. The fourth-order valence-electron chi connectivity index (χ4n) is 2.30. The van der Waals surface area contributed by atoms with Crippen LogP contribution in [0.4, 0.5) is 5.69 Å². The lowest BCUT2D eigenvalue weighted by Gasteiger charge is -2.26. The zero-order valence-electron chi connectivity index (χ0n) is 13.5. The van der Waals surface area contributed by atoms with Crippen LogP contribution in [0.3, 0.4) is 0 Å². The SMILES string of the molecule is O=C(CSc1ncn[nH]1)Nc1ccc(Cl)c(S(=O)(=O)N2CCOCC2)c1. The topological polar surface area (TPSA) is 117 Å². The Morgan fingerprint density at radius 3 is 2.85 bits per heavy atom. The minimum atomic E-state index is -3.76. The number of halogens is 1. The molecule has 0 radical (unpaired) electrons. The molecule has 1 aliphatic rings. The first-order valence-corrected chi connectivity index (χ1v) is 10.4. The molecule has 1 fully saturated rings. The average molecular weight is 418 g/mol. The molecule has 26 heavy (non-hydrogen) atoms. The number of nitrogens with one attached hydrogen (secondary N) is 2. The number of aromatic amines is 1. The second kappa shape index (κ2) is 8.35. The molecule has 1 aromatic heterocycles. The van der Waals surface area contributed by atoms with Gasteiger partial charge in [0.1, 0.15) is 11.2 Å². The Kier molecular flexibility index (Phi) is 6.14. The van der Waals surface area contributed by atoms with Gasteiger partial charge in [-0.25, -0.2) is 13.4 Å². The molecular formula is C14H16ClN5O4S2. The number of hydrogen-bond acceptors (Lipinski definition) is 7. The van der Waals surface area contributed by atoms with Gasteiger partial charge in [-0.15, -0.1) is 0 Å². The zero-order valence-corrected chi connectivity index (χ0v) is 15.9. The molecule has 2 heterocycles. The summed E-state index contributed by atoms with van der Waals surface area (Å²) in [5.41, 5.74) is 0.351. The summed E-state index contributed by atoms with van der Waals surface area (Å²) in [4.78, 5) is 15.9. The summed E-state index contributed by atoms with van der Waals surface area (Å²) in [6, 6.07) is 4.37. The highest BCUT2D eigenvalue weighted by Crippen LogP contribution is 2.28. The van der Waals surface area contributed by atoms with Crippen LogP contribution in [0, 0.1) is 0 Å². The van der Waals surface area contributed by atoms with Crippen LogP contribution in [-0.2, 0) is 19.6 Å². The van der Waals surface area contributed by atoms with Gasteiger partial charge in [-0.2, -0.15) is 9.40 Å². The van der Waals surface area contributed by atoms with Gasteiger partial charge in [0.2, 0.25) is 15.9 Å². The van der Waals surface area contributed by atoms with E-state index < -0.39 is 10.0 Å². The standard InChI is InChI=1S/C14H16ClN5O4S2/c15-11-2-1-10(18-13(21)8-25-14-16-9-17-19-14)7-12(11)26(22,23)20-3-5-24-6-4-20/h1-2,7,9H,3-6,8H2,(H,18,21)(H,16,17,19). The number of carbonyl (C=O) groups is 1. The molecule has 1 amide bonds. The van der Waals surface area contributed by atoms with Crippen LogP contribution in [0.25, 0.3) is 0 Å². The van der Waals surface area contributed by atoms with Gasteiger partial charge >= 0.3 is 0 Å². The maximum atomic E-state index is 12.8. The second-order valence-electron chi connectivity index (χ2n) is 5.29. The minimum absolute atomic E-state index is 0.0400. The summed E-state index contributed by atoms with van der Waals surface area (Å²) in [5.74, 6) is -0.202. The van der Waals surface area contributed by atoms with Crippen LogP contribution in [0.5, 0.6) is 0 Å². The minimum Gasteiger partial charge on any atom is -0.379 e. The number of sulfonamides is 1. The summed E-state index contributed by atoms with van der Waals surface area (Å²) in [6.07, 6.45) is 1.35. The number of H-pyrrole nitrogens is 1. The van der Waals surface area contributed by atoms with Crippen molar-refractivity contribution in [2.45, 2.75) is 10.1 Å². The third-order valence-electron chi connectivity index (χ3n) is 3.54. The lowest BCUT2D eigenvalue weighted by atomic mass is 10.3. The van der Waals surface area contributed by atoms with Crippen molar-refractivity contribution < 1.29 is 17.9 Å². The summed E-state index contributed by atoms with van der Waals surface area (Å²) in [6.45, 7) is 1.21. The first kappa shape index (κ1) is 19.1. The van der Waals surface area contributed by atoms with E-state index in [0.717, 1.165) is 0 Å². The third kappa shape index (κ3) is 4.54. The van der Waals surface area contributed by atoms with Gasteiger partial charge in [0.15, 0.2) is 5.16 Å². The second-order valence-corrected chi connectivity index (χ2v) is 8.57. The molecule has 1 aromatic carbocycles. The van der Waals surface area contributed by atoms with Gasteiger partial charge in [-0.3, -0.25) is 9.89 Å². The molecule has 1 aliphatic heterocycles. The van der Waals surface area contributed by atoms with E-state index in [1.807, 2.05) is 0 Å². The average Bonchev–Trinajstić information content (AvgIpc) is 3.16. The lowest BCUT2D eigenvalue weighted by molar-refractivity contribution is -0.113. The Balaban J connectivity index is 1.71. The largest absolute Gasteiger partial charge is 0.379 e. The normalized spacial score (nSPS) is 15.7. The molecular weight excluding hydrogens is 402 g/mol. The maximum absolute atomic E-state index is 12.8. The number of hydrogen-bond donors (Lipinski definition) is 2. The van der Waals surface area contributed by atoms with E-state index in [4.69, 9.17) is 16.3 Å². The lowest BCUT2D eigenvalue weighted by Crippen LogP contribution is -2.40. The molecule has 0 aliphatic carbocycles. The zero-order chi connectivity index (χ0) is 18.6. The predicted molar refractivity (Wildman–Crippen MR) is 96.8 cm³/mol. The van der Waals surface area contributed by atoms with Crippen molar-refractivity contribution in [1.82, 2.24) is 19.5 Å². The van der Waals surface area contributed by atoms with Crippen LogP contribution in [0.1, 0.15) is 0 Å². The molecule has 1 saturated heterocycles. The quantitative estimate of drug-likeness (QED) is 0.678. The van der Waals surface area contributed by atoms with Gasteiger partial charge in [-0.05, 0) is 18.2 Å². The van der Waals surface area contributed by atoms with Crippen molar-refractivity contribution in [3.05, 3.63) is 29.5 Å². The van der Waals surface area contributed by atoms with Crippen LogP contribution < -0.4 is 5.32 Å². The summed E-state index contributed by atoms with van der Waals surface area (Å²) in [7, 11) is -3.76. The molecule has 0 spiro atoms. The fourth-order valence-corrected chi connectivity index (χ4v) is 4.79. The van der Waals surface area contributed by atoms with Gasteiger partial charge in [0.05, 0.1) is 24.0 Å². The first-order chi connectivity index (χ1) is 12.5. The Morgan fingerprint density at radius 1 is 1.38 bits per heavy atom. The van der Waals surface area contributed by atoms with E-state index in [9.17, 15) is 13.2 Å². The van der Waals surface area contributed by atoms with E-state index in [1.54, 1.807) is 6.07 Å². The van der Waals surface area contributed by atoms with Crippen LogP contribution in [0.15, 0.2) is 34.6 Å².